The van der Waals surface area contributed by atoms with Gasteiger partial charge in [0, 0.05) is 22.7 Å². The Bertz CT molecular complexity index is 1460. The molecule has 1 aliphatic rings. The lowest BCUT2D eigenvalue weighted by Gasteiger charge is -2.14. The molecule has 9 nitrogen and oxygen atoms in total. The highest BCUT2D eigenvalue weighted by atomic mass is 79.9. The molecule has 3 aromatic carbocycles. The first-order chi connectivity index (χ1) is 17.7. The smallest absolute Gasteiger partial charge is 0.279 e. The molecule has 1 saturated heterocycles. The first-order valence-electron chi connectivity index (χ1n) is 10.6. The van der Waals surface area contributed by atoms with Crippen LogP contribution in [0.3, 0.4) is 0 Å². The first-order valence-corrected chi connectivity index (χ1v) is 12.6. The predicted octanol–water partition coefficient (Wildman–Crippen LogP) is 6.00. The fraction of sp³-hybridized carbons (Fsp3) is 0.0800. The molecule has 37 heavy (non-hydrogen) atoms. The van der Waals surface area contributed by atoms with Crippen molar-refractivity contribution in [3.8, 4) is 11.5 Å². The molecular weight excluding hydrogens is 586 g/mol. The number of amidine groups is 1. The minimum Gasteiger partial charge on any atom is -0.493 e. The van der Waals surface area contributed by atoms with Crippen molar-refractivity contribution in [2.24, 2.45) is 4.99 Å². The molecule has 0 saturated carbocycles. The molecule has 1 aliphatic heterocycles. The molecule has 1 N–H and O–H groups in total. The van der Waals surface area contributed by atoms with Gasteiger partial charge in [-0.25, -0.2) is 0 Å². The van der Waals surface area contributed by atoms with Crippen LogP contribution in [0, 0.1) is 10.1 Å². The van der Waals surface area contributed by atoms with Gasteiger partial charge in [0.15, 0.2) is 16.7 Å². The number of carbonyl (C=O) groups excluding carboxylic acids is 2. The fourth-order valence-corrected chi connectivity index (χ4v) is 4.78. The quantitative estimate of drug-likeness (QED) is 0.200. The van der Waals surface area contributed by atoms with Gasteiger partial charge >= 0.3 is 0 Å². The van der Waals surface area contributed by atoms with Crippen molar-refractivity contribution in [1.29, 1.82) is 0 Å². The number of amides is 2. The first kappa shape index (κ1) is 26.4. The summed E-state index contributed by atoms with van der Waals surface area (Å²) in [6.07, 6.45) is 1.63. The number of nitro groups is 1. The zero-order valence-corrected chi connectivity index (χ0v) is 22.2. The second-order valence-electron chi connectivity index (χ2n) is 7.54. The van der Waals surface area contributed by atoms with E-state index >= 15 is 0 Å². The molecule has 0 aliphatic carbocycles. The Morgan fingerprint density at radius 1 is 1.22 bits per heavy atom. The second kappa shape index (κ2) is 11.6. The number of aliphatic imine (C=N–C) groups is 1. The third-order valence-corrected chi connectivity index (χ3v) is 6.75. The number of carbonyl (C=O) groups is 2. The molecule has 188 valence electrons. The lowest BCUT2D eigenvalue weighted by Crippen LogP contribution is -2.20. The van der Waals surface area contributed by atoms with Crippen LogP contribution in [0.25, 0.3) is 6.08 Å². The van der Waals surface area contributed by atoms with Crippen LogP contribution in [0.5, 0.6) is 11.5 Å². The number of hydrogen-bond acceptors (Lipinski definition) is 7. The average Bonchev–Trinajstić information content (AvgIpc) is 3.21. The number of nitrogens with one attached hydrogen (secondary N) is 1. The fourth-order valence-electron chi connectivity index (χ4n) is 3.26. The van der Waals surface area contributed by atoms with E-state index in [9.17, 15) is 19.7 Å². The van der Waals surface area contributed by atoms with Gasteiger partial charge in [0.05, 0.1) is 21.4 Å². The topological polar surface area (TPSA) is 120 Å². The summed E-state index contributed by atoms with van der Waals surface area (Å²) in [4.78, 5) is 39.7. The number of hydrogen-bond donors (Lipinski definition) is 1. The van der Waals surface area contributed by atoms with E-state index < -0.39 is 16.7 Å². The van der Waals surface area contributed by atoms with Gasteiger partial charge in [-0.15, -0.1) is 0 Å². The number of rotatable bonds is 7. The van der Waals surface area contributed by atoms with Gasteiger partial charge in [-0.05, 0) is 81.3 Å². The minimum absolute atomic E-state index is 0.0285. The highest BCUT2D eigenvalue weighted by Crippen LogP contribution is 2.39. The molecule has 1 fully saturated rings. The van der Waals surface area contributed by atoms with E-state index in [1.807, 2.05) is 0 Å². The van der Waals surface area contributed by atoms with Crippen molar-refractivity contribution < 1.29 is 24.0 Å². The zero-order chi connectivity index (χ0) is 26.5. The molecule has 12 heteroatoms. The third kappa shape index (κ3) is 6.56. The van der Waals surface area contributed by atoms with E-state index in [0.717, 1.165) is 11.8 Å². The minimum atomic E-state index is -0.504. The van der Waals surface area contributed by atoms with Crippen molar-refractivity contribution in [3.05, 3.63) is 102 Å². The van der Waals surface area contributed by atoms with Crippen LogP contribution in [-0.4, -0.2) is 29.0 Å². The van der Waals surface area contributed by atoms with Crippen LogP contribution in [0.4, 0.5) is 5.69 Å². The summed E-state index contributed by atoms with van der Waals surface area (Å²) in [6.45, 7) is 0.0802. The van der Waals surface area contributed by atoms with E-state index in [0.29, 0.717) is 42.6 Å². The van der Waals surface area contributed by atoms with Crippen LogP contribution in [0.15, 0.2) is 75.0 Å². The lowest BCUT2D eigenvalue weighted by molar-refractivity contribution is -0.384. The van der Waals surface area contributed by atoms with Gasteiger partial charge in [-0.2, -0.15) is 4.99 Å². The molecule has 0 bridgehead atoms. The van der Waals surface area contributed by atoms with E-state index in [1.54, 1.807) is 54.6 Å². The number of benzene rings is 3. The number of halogens is 2. The van der Waals surface area contributed by atoms with Crippen LogP contribution in [-0.2, 0) is 11.4 Å². The van der Waals surface area contributed by atoms with Crippen LogP contribution < -0.4 is 14.8 Å². The summed E-state index contributed by atoms with van der Waals surface area (Å²) in [5.74, 6) is -0.110. The van der Waals surface area contributed by atoms with Crippen molar-refractivity contribution in [2.75, 3.05) is 7.11 Å². The van der Waals surface area contributed by atoms with Gasteiger partial charge in [0.2, 0.25) is 0 Å². The molecule has 1 heterocycles. The Hall–Kier alpha value is -3.67. The Kier molecular flexibility index (Phi) is 8.27. The summed E-state index contributed by atoms with van der Waals surface area (Å²) >= 11 is 10.3. The molecule has 0 aromatic heterocycles. The molecule has 0 atom stereocenters. The molecule has 2 amide bonds. The Morgan fingerprint density at radius 3 is 2.68 bits per heavy atom. The number of ether oxygens (including phenoxy) is 2. The van der Waals surface area contributed by atoms with Gasteiger partial charge in [-0.1, -0.05) is 23.7 Å². The molecule has 4 rings (SSSR count). The maximum absolute atomic E-state index is 12.5. The molecule has 0 unspecified atom stereocenters. The lowest BCUT2D eigenvalue weighted by atomic mass is 10.1. The largest absolute Gasteiger partial charge is 0.493 e. The summed E-state index contributed by atoms with van der Waals surface area (Å²) in [5, 5.41) is 14.3. The maximum Gasteiger partial charge on any atom is 0.279 e. The van der Waals surface area contributed by atoms with Crippen molar-refractivity contribution in [2.45, 2.75) is 6.61 Å². The predicted molar refractivity (Wildman–Crippen MR) is 145 cm³/mol. The monoisotopic (exact) mass is 601 g/mol. The molecule has 3 aromatic rings. The second-order valence-corrected chi connectivity index (χ2v) is 9.86. The van der Waals surface area contributed by atoms with Gasteiger partial charge in [0.1, 0.15) is 6.61 Å². The van der Waals surface area contributed by atoms with Crippen LogP contribution in [0.2, 0.25) is 5.02 Å². The number of non-ortho nitro benzene ring substituents is 1. The number of methoxy groups -OCH3 is 1. The normalized spacial score (nSPS) is 15.1. The molecule has 0 radical (unpaired) electrons. The van der Waals surface area contributed by atoms with Gasteiger partial charge in [0.25, 0.3) is 17.5 Å². The third-order valence-electron chi connectivity index (χ3n) is 5.00. The summed E-state index contributed by atoms with van der Waals surface area (Å²) < 4.78 is 11.9. The maximum atomic E-state index is 12.5. The Balaban J connectivity index is 1.51. The SMILES string of the molecule is COc1cc(/C=C2\SC(=NC(=O)c3ccc(Cl)cc3)NC2=O)cc(Br)c1OCc1cccc([N+](=O)[O-])c1. The van der Waals surface area contributed by atoms with Gasteiger partial charge in [-0.3, -0.25) is 19.7 Å². The number of thioether (sulfide) groups is 1. The summed E-state index contributed by atoms with van der Waals surface area (Å²) in [6, 6.07) is 15.9. The van der Waals surface area contributed by atoms with Crippen LogP contribution in [0.1, 0.15) is 21.5 Å². The highest BCUT2D eigenvalue weighted by molar-refractivity contribution is 9.10. The Labute approximate surface area is 228 Å². The molecule has 0 spiro atoms. The van der Waals surface area contributed by atoms with E-state index in [1.165, 1.54) is 19.2 Å². The zero-order valence-electron chi connectivity index (χ0n) is 19.1. The van der Waals surface area contributed by atoms with E-state index in [-0.39, 0.29) is 17.5 Å². The van der Waals surface area contributed by atoms with Crippen molar-refractivity contribution >= 4 is 68.0 Å². The average molecular weight is 603 g/mol. The van der Waals surface area contributed by atoms with Crippen molar-refractivity contribution in [3.63, 3.8) is 0 Å². The van der Waals surface area contributed by atoms with Crippen LogP contribution >= 0.6 is 39.3 Å². The summed E-state index contributed by atoms with van der Waals surface area (Å²) in [7, 11) is 1.48. The standard InChI is InChI=1S/C25H17BrClN3O6S/c1-35-20-11-15(10-19(26)22(20)36-13-14-3-2-4-18(9-14)30(33)34)12-21-24(32)29-25(37-21)28-23(31)16-5-7-17(27)8-6-16/h2-12H,13H2,1H3,(H,28,29,31,32)/b21-12-. The van der Waals surface area contributed by atoms with E-state index in [4.69, 9.17) is 21.1 Å². The highest BCUT2D eigenvalue weighted by Gasteiger charge is 2.25. The van der Waals surface area contributed by atoms with Gasteiger partial charge < -0.3 is 14.8 Å². The number of nitrogens with zero attached hydrogens (tertiary/aromatic N) is 2. The number of nitro benzene ring substituents is 1. The summed E-state index contributed by atoms with van der Waals surface area (Å²) in [5.41, 5.74) is 1.57. The molecular formula is C25H17BrClN3O6S. The Morgan fingerprint density at radius 2 is 1.97 bits per heavy atom. The van der Waals surface area contributed by atoms with E-state index in [2.05, 4.69) is 26.2 Å². The van der Waals surface area contributed by atoms with Crippen molar-refractivity contribution in [1.82, 2.24) is 5.32 Å².